The fourth-order valence-electron chi connectivity index (χ4n) is 2.58. The second kappa shape index (κ2) is 5.30. The second-order valence-corrected chi connectivity index (χ2v) is 7.30. The third-order valence-corrected chi connectivity index (χ3v) is 4.11. The van der Waals surface area contributed by atoms with E-state index >= 15 is 0 Å². The molecule has 21 heavy (non-hydrogen) atoms. The molecule has 0 saturated heterocycles. The summed E-state index contributed by atoms with van der Waals surface area (Å²) in [5, 5.41) is 0. The Balaban J connectivity index is 2.13. The van der Waals surface area contributed by atoms with Crippen LogP contribution >= 0.6 is 15.9 Å². The summed E-state index contributed by atoms with van der Waals surface area (Å²) >= 11 is 3.49. The predicted molar refractivity (Wildman–Crippen MR) is 91.7 cm³/mol. The van der Waals surface area contributed by atoms with Gasteiger partial charge in [-0.05, 0) is 29.8 Å². The largest absolute Gasteiger partial charge is 0.323 e. The lowest BCUT2D eigenvalue weighted by molar-refractivity contribution is 0.516. The number of hydrogen-bond acceptors (Lipinski definition) is 1. The average Bonchev–Trinajstić information content (AvgIpc) is 2.81. The van der Waals surface area contributed by atoms with Gasteiger partial charge in [0.1, 0.15) is 5.82 Å². The minimum atomic E-state index is 0.0222. The maximum absolute atomic E-state index is 4.85. The molecule has 1 aromatic heterocycles. The number of aromatic nitrogens is 2. The Morgan fingerprint density at radius 1 is 1.00 bits per heavy atom. The number of nitrogens with zero attached hydrogens (tertiary/aromatic N) is 2. The van der Waals surface area contributed by atoms with E-state index in [4.69, 9.17) is 4.98 Å². The summed E-state index contributed by atoms with van der Waals surface area (Å²) in [7, 11) is 0. The van der Waals surface area contributed by atoms with Crippen molar-refractivity contribution >= 4 is 27.0 Å². The van der Waals surface area contributed by atoms with Gasteiger partial charge in [0.05, 0.1) is 11.0 Å². The van der Waals surface area contributed by atoms with Gasteiger partial charge in [-0.3, -0.25) is 0 Å². The molecule has 2 aromatic carbocycles. The number of rotatable bonds is 2. The van der Waals surface area contributed by atoms with Crippen LogP contribution in [0.4, 0.5) is 0 Å². The highest BCUT2D eigenvalue weighted by Crippen LogP contribution is 2.27. The zero-order valence-electron chi connectivity index (χ0n) is 12.6. The van der Waals surface area contributed by atoms with E-state index in [9.17, 15) is 0 Å². The van der Waals surface area contributed by atoms with Crippen molar-refractivity contribution in [3.63, 3.8) is 0 Å². The van der Waals surface area contributed by atoms with Crippen LogP contribution < -0.4 is 0 Å². The van der Waals surface area contributed by atoms with Crippen molar-refractivity contribution in [1.82, 2.24) is 9.55 Å². The molecule has 1 heterocycles. The highest BCUT2D eigenvalue weighted by Gasteiger charge is 2.22. The van der Waals surface area contributed by atoms with Gasteiger partial charge < -0.3 is 4.57 Å². The highest BCUT2D eigenvalue weighted by atomic mass is 79.9. The van der Waals surface area contributed by atoms with Crippen molar-refractivity contribution in [2.24, 2.45) is 0 Å². The van der Waals surface area contributed by atoms with Gasteiger partial charge in [0.15, 0.2) is 0 Å². The van der Waals surface area contributed by atoms with E-state index in [1.165, 1.54) is 11.1 Å². The van der Waals surface area contributed by atoms with Crippen LogP contribution in [0.25, 0.3) is 11.0 Å². The Labute approximate surface area is 134 Å². The Morgan fingerprint density at radius 3 is 2.33 bits per heavy atom. The predicted octanol–water partition coefficient (Wildman–Crippen LogP) is 5.14. The topological polar surface area (TPSA) is 17.8 Å². The summed E-state index contributed by atoms with van der Waals surface area (Å²) in [5.41, 5.74) is 3.57. The Hall–Kier alpha value is -1.61. The standard InChI is InChI=1S/C18H19BrN2/c1-18(2,3)17-20-15-6-4-5-7-16(15)21(17)12-13-8-10-14(19)11-9-13/h4-11H,12H2,1-3H3. The fourth-order valence-corrected chi connectivity index (χ4v) is 2.84. The van der Waals surface area contributed by atoms with Crippen molar-refractivity contribution in [3.8, 4) is 0 Å². The molecule has 0 spiro atoms. The van der Waals surface area contributed by atoms with Gasteiger partial charge in [-0.2, -0.15) is 0 Å². The maximum Gasteiger partial charge on any atom is 0.115 e. The molecule has 3 heteroatoms. The zero-order chi connectivity index (χ0) is 15.0. The van der Waals surface area contributed by atoms with Crippen molar-refractivity contribution in [3.05, 3.63) is 64.4 Å². The van der Waals surface area contributed by atoms with E-state index in [2.05, 4.69) is 83.7 Å². The van der Waals surface area contributed by atoms with Crippen LogP contribution in [-0.2, 0) is 12.0 Å². The maximum atomic E-state index is 4.85. The molecule has 3 aromatic rings. The fraction of sp³-hybridized carbons (Fsp3) is 0.278. The minimum absolute atomic E-state index is 0.0222. The van der Waals surface area contributed by atoms with Crippen LogP contribution in [-0.4, -0.2) is 9.55 Å². The van der Waals surface area contributed by atoms with Gasteiger partial charge in [0.25, 0.3) is 0 Å². The van der Waals surface area contributed by atoms with Gasteiger partial charge >= 0.3 is 0 Å². The number of hydrogen-bond donors (Lipinski definition) is 0. The molecule has 0 saturated carbocycles. The zero-order valence-corrected chi connectivity index (χ0v) is 14.2. The summed E-state index contributed by atoms with van der Waals surface area (Å²) in [6.07, 6.45) is 0. The third-order valence-electron chi connectivity index (χ3n) is 3.58. The van der Waals surface area contributed by atoms with Crippen LogP contribution in [0.2, 0.25) is 0 Å². The van der Waals surface area contributed by atoms with E-state index < -0.39 is 0 Å². The minimum Gasteiger partial charge on any atom is -0.323 e. The molecule has 0 aliphatic rings. The van der Waals surface area contributed by atoms with Gasteiger partial charge in [-0.15, -0.1) is 0 Å². The molecule has 0 aliphatic heterocycles. The van der Waals surface area contributed by atoms with Crippen LogP contribution in [0, 0.1) is 0 Å². The summed E-state index contributed by atoms with van der Waals surface area (Å²) in [6, 6.07) is 16.9. The van der Waals surface area contributed by atoms with Crippen molar-refractivity contribution in [1.29, 1.82) is 0 Å². The molecule has 0 unspecified atom stereocenters. The normalized spacial score (nSPS) is 12.0. The summed E-state index contributed by atoms with van der Waals surface area (Å²) in [6.45, 7) is 7.49. The Kier molecular flexibility index (Phi) is 3.62. The van der Waals surface area contributed by atoms with Gasteiger partial charge in [0.2, 0.25) is 0 Å². The van der Waals surface area contributed by atoms with Crippen molar-refractivity contribution < 1.29 is 0 Å². The highest BCUT2D eigenvalue weighted by molar-refractivity contribution is 9.10. The average molecular weight is 343 g/mol. The molecule has 0 radical (unpaired) electrons. The Bertz CT molecular complexity index is 764. The molecule has 0 fully saturated rings. The molecular formula is C18H19BrN2. The van der Waals surface area contributed by atoms with E-state index in [1.54, 1.807) is 0 Å². The number of benzene rings is 2. The van der Waals surface area contributed by atoms with Crippen LogP contribution in [0.5, 0.6) is 0 Å². The molecular weight excluding hydrogens is 324 g/mol. The summed E-state index contributed by atoms with van der Waals surface area (Å²) in [4.78, 5) is 4.85. The van der Waals surface area contributed by atoms with Gasteiger partial charge in [-0.1, -0.05) is 61.0 Å². The van der Waals surface area contributed by atoms with Crippen molar-refractivity contribution in [2.45, 2.75) is 32.7 Å². The molecule has 3 rings (SSSR count). The molecule has 0 amide bonds. The summed E-state index contributed by atoms with van der Waals surface area (Å²) in [5.74, 6) is 1.13. The van der Waals surface area contributed by atoms with Crippen LogP contribution in [0.1, 0.15) is 32.2 Å². The molecule has 0 bridgehead atoms. The van der Waals surface area contributed by atoms with E-state index in [-0.39, 0.29) is 5.41 Å². The lowest BCUT2D eigenvalue weighted by Gasteiger charge is -2.20. The first kappa shape index (κ1) is 14.3. The molecule has 0 N–H and O–H groups in total. The van der Waals surface area contributed by atoms with Gasteiger partial charge in [-0.25, -0.2) is 4.98 Å². The molecule has 108 valence electrons. The monoisotopic (exact) mass is 342 g/mol. The van der Waals surface area contributed by atoms with E-state index in [1.807, 2.05) is 6.07 Å². The second-order valence-electron chi connectivity index (χ2n) is 6.39. The molecule has 0 aliphatic carbocycles. The number of halogens is 1. The van der Waals surface area contributed by atoms with Gasteiger partial charge in [0, 0.05) is 16.4 Å². The number of para-hydroxylation sites is 2. The number of fused-ring (bicyclic) bond motifs is 1. The summed E-state index contributed by atoms with van der Waals surface area (Å²) < 4.78 is 3.44. The van der Waals surface area contributed by atoms with E-state index in [0.29, 0.717) is 0 Å². The lowest BCUT2D eigenvalue weighted by atomic mass is 9.95. The SMILES string of the molecule is CC(C)(C)c1nc2ccccc2n1Cc1ccc(Br)cc1. The van der Waals surface area contributed by atoms with Crippen molar-refractivity contribution in [2.75, 3.05) is 0 Å². The first-order chi connectivity index (χ1) is 9.95. The third kappa shape index (κ3) is 2.88. The van der Waals surface area contributed by atoms with E-state index in [0.717, 1.165) is 22.4 Å². The quantitative estimate of drug-likeness (QED) is 0.630. The smallest absolute Gasteiger partial charge is 0.115 e. The van der Waals surface area contributed by atoms with Crippen LogP contribution in [0.3, 0.4) is 0 Å². The number of imidazole rings is 1. The van der Waals surface area contributed by atoms with Crippen LogP contribution in [0.15, 0.2) is 53.0 Å². The first-order valence-corrected chi connectivity index (χ1v) is 7.94. The molecule has 2 nitrogen and oxygen atoms in total. The molecule has 0 atom stereocenters. The Morgan fingerprint density at radius 2 is 1.67 bits per heavy atom. The first-order valence-electron chi connectivity index (χ1n) is 7.15. The lowest BCUT2D eigenvalue weighted by Crippen LogP contribution is -2.19.